The number of hydrogen-bond acceptors (Lipinski definition) is 4. The number of nitrogen functional groups attached to an aromatic ring is 1. The van der Waals surface area contributed by atoms with E-state index in [9.17, 15) is 4.79 Å². The number of carbonyl (C=O) groups excluding carboxylic acids is 1. The Morgan fingerprint density at radius 3 is 2.48 bits per heavy atom. The molecule has 5 heteroatoms. The smallest absolute Gasteiger partial charge is 0.241 e. The van der Waals surface area contributed by atoms with Crippen molar-refractivity contribution in [2.24, 2.45) is 5.92 Å². The molecule has 1 aromatic rings. The van der Waals surface area contributed by atoms with Gasteiger partial charge < -0.3 is 11.1 Å². The van der Waals surface area contributed by atoms with Gasteiger partial charge in [-0.3, -0.25) is 9.69 Å². The molecule has 0 aliphatic heterocycles. The molecule has 1 rings (SSSR count). The fourth-order valence-electron chi connectivity index (χ4n) is 2.08. The van der Waals surface area contributed by atoms with E-state index in [1.807, 2.05) is 11.8 Å². The van der Waals surface area contributed by atoms with E-state index >= 15 is 0 Å². The van der Waals surface area contributed by atoms with Gasteiger partial charge in [-0.1, -0.05) is 13.8 Å². The van der Waals surface area contributed by atoms with Crippen LogP contribution < -0.4 is 11.1 Å². The molecule has 0 heterocycles. The molecule has 0 saturated heterocycles. The number of rotatable bonds is 7. The molecule has 0 aliphatic rings. The summed E-state index contributed by atoms with van der Waals surface area (Å²) in [6.45, 7) is 7.46. The number of hydrogen-bond donors (Lipinski definition) is 2. The van der Waals surface area contributed by atoms with Crippen LogP contribution in [-0.4, -0.2) is 29.9 Å². The molecule has 0 aromatic heterocycles. The van der Waals surface area contributed by atoms with E-state index in [0.29, 0.717) is 24.6 Å². The zero-order valence-corrected chi connectivity index (χ0v) is 13.0. The summed E-state index contributed by atoms with van der Waals surface area (Å²) in [5.41, 5.74) is 7.01. The molecule has 114 valence electrons. The fourth-order valence-corrected chi connectivity index (χ4v) is 2.08. The van der Waals surface area contributed by atoms with Gasteiger partial charge in [0.1, 0.15) is 0 Å². The highest BCUT2D eigenvalue weighted by Crippen LogP contribution is 2.13. The normalized spacial score (nSPS) is 12.2. The van der Waals surface area contributed by atoms with Crippen molar-refractivity contribution in [2.45, 2.75) is 33.2 Å². The van der Waals surface area contributed by atoms with Gasteiger partial charge in [0.2, 0.25) is 5.91 Å². The van der Waals surface area contributed by atoms with Crippen LogP contribution in [0.1, 0.15) is 27.2 Å². The third kappa shape index (κ3) is 5.84. The maximum absolute atomic E-state index is 12.3. The number of nitrogens with two attached hydrogens (primary N) is 1. The van der Waals surface area contributed by atoms with Gasteiger partial charge in [-0.2, -0.15) is 5.26 Å². The highest BCUT2D eigenvalue weighted by Gasteiger charge is 2.21. The van der Waals surface area contributed by atoms with Crippen molar-refractivity contribution < 1.29 is 4.79 Å². The third-order valence-electron chi connectivity index (χ3n) is 3.22. The van der Waals surface area contributed by atoms with Gasteiger partial charge in [0, 0.05) is 30.9 Å². The van der Waals surface area contributed by atoms with Crippen LogP contribution in [-0.2, 0) is 4.79 Å². The summed E-state index contributed by atoms with van der Waals surface area (Å²) in [4.78, 5) is 14.4. The first-order valence-corrected chi connectivity index (χ1v) is 7.21. The van der Waals surface area contributed by atoms with Crippen molar-refractivity contribution in [3.8, 4) is 6.07 Å². The lowest BCUT2D eigenvalue weighted by Gasteiger charge is -2.29. The summed E-state index contributed by atoms with van der Waals surface area (Å²) in [7, 11) is 0. The quantitative estimate of drug-likeness (QED) is 0.755. The van der Waals surface area contributed by atoms with Crippen LogP contribution in [0.4, 0.5) is 11.4 Å². The van der Waals surface area contributed by atoms with E-state index in [4.69, 9.17) is 11.0 Å². The van der Waals surface area contributed by atoms with Gasteiger partial charge in [0.15, 0.2) is 0 Å². The highest BCUT2D eigenvalue weighted by atomic mass is 16.2. The Morgan fingerprint density at radius 1 is 1.33 bits per heavy atom. The summed E-state index contributed by atoms with van der Waals surface area (Å²) in [5.74, 6) is 0.369. The van der Waals surface area contributed by atoms with E-state index in [2.05, 4.69) is 25.2 Å². The maximum Gasteiger partial charge on any atom is 0.241 e. The summed E-state index contributed by atoms with van der Waals surface area (Å²) >= 11 is 0. The molecule has 1 unspecified atom stereocenters. The third-order valence-corrected chi connectivity index (χ3v) is 3.22. The van der Waals surface area contributed by atoms with E-state index in [-0.39, 0.29) is 11.9 Å². The lowest BCUT2D eigenvalue weighted by atomic mass is 10.1. The first-order chi connectivity index (χ1) is 9.93. The average Bonchev–Trinajstić information content (AvgIpc) is 2.44. The summed E-state index contributed by atoms with van der Waals surface area (Å²) in [6.07, 6.45) is 0.423. The van der Waals surface area contributed by atoms with Crippen molar-refractivity contribution in [3.05, 3.63) is 24.3 Å². The minimum atomic E-state index is -0.279. The topological polar surface area (TPSA) is 82.2 Å². The Kier molecular flexibility index (Phi) is 6.70. The summed E-state index contributed by atoms with van der Waals surface area (Å²) < 4.78 is 0. The molecule has 0 radical (unpaired) electrons. The minimum Gasteiger partial charge on any atom is -0.399 e. The van der Waals surface area contributed by atoms with E-state index in [1.165, 1.54) is 0 Å². The van der Waals surface area contributed by atoms with Crippen LogP contribution in [0, 0.1) is 17.2 Å². The fraction of sp³-hybridized carbons (Fsp3) is 0.500. The van der Waals surface area contributed by atoms with Crippen molar-refractivity contribution in [2.75, 3.05) is 24.1 Å². The van der Waals surface area contributed by atoms with Crippen LogP contribution in [0.25, 0.3) is 0 Å². The lowest BCUT2D eigenvalue weighted by Crippen LogP contribution is -2.44. The van der Waals surface area contributed by atoms with Crippen LogP contribution in [0.2, 0.25) is 0 Å². The molecule has 0 spiro atoms. The highest BCUT2D eigenvalue weighted by molar-refractivity contribution is 5.94. The Bertz CT molecular complexity index is 490. The van der Waals surface area contributed by atoms with Gasteiger partial charge in [0.25, 0.3) is 0 Å². The van der Waals surface area contributed by atoms with Crippen LogP contribution in [0.3, 0.4) is 0 Å². The number of nitrogens with one attached hydrogen (secondary N) is 1. The molecule has 0 fully saturated rings. The SMILES string of the molecule is CC(C)CN(CCC#N)C(C)C(=O)Nc1ccc(N)cc1. The first kappa shape index (κ1) is 17.0. The number of nitriles is 1. The van der Waals surface area contributed by atoms with E-state index in [0.717, 1.165) is 12.2 Å². The Hall–Kier alpha value is -2.06. The Labute approximate surface area is 126 Å². The van der Waals surface area contributed by atoms with Crippen LogP contribution in [0.5, 0.6) is 0 Å². The Morgan fingerprint density at radius 2 is 1.95 bits per heavy atom. The minimum absolute atomic E-state index is 0.0710. The molecule has 0 bridgehead atoms. The predicted molar refractivity (Wildman–Crippen MR) is 85.6 cm³/mol. The van der Waals surface area contributed by atoms with Gasteiger partial charge in [-0.25, -0.2) is 0 Å². The number of nitrogens with zero attached hydrogens (tertiary/aromatic N) is 2. The van der Waals surface area contributed by atoms with Gasteiger partial charge >= 0.3 is 0 Å². The van der Waals surface area contributed by atoms with Gasteiger partial charge in [-0.15, -0.1) is 0 Å². The molecular weight excluding hydrogens is 264 g/mol. The molecule has 3 N–H and O–H groups in total. The standard InChI is InChI=1S/C16H24N4O/c1-12(2)11-20(10-4-9-17)13(3)16(21)19-15-7-5-14(18)6-8-15/h5-8,12-13H,4,10-11,18H2,1-3H3,(H,19,21). The largest absolute Gasteiger partial charge is 0.399 e. The van der Waals surface area contributed by atoms with Crippen molar-refractivity contribution in [3.63, 3.8) is 0 Å². The zero-order valence-electron chi connectivity index (χ0n) is 13.0. The maximum atomic E-state index is 12.3. The molecule has 1 atom stereocenters. The molecule has 1 aromatic carbocycles. The van der Waals surface area contributed by atoms with E-state index in [1.54, 1.807) is 24.3 Å². The lowest BCUT2D eigenvalue weighted by molar-refractivity contribution is -0.120. The number of anilines is 2. The number of amides is 1. The van der Waals surface area contributed by atoms with Crippen LogP contribution >= 0.6 is 0 Å². The molecule has 0 saturated carbocycles. The van der Waals surface area contributed by atoms with Crippen LogP contribution in [0.15, 0.2) is 24.3 Å². The Balaban J connectivity index is 2.68. The van der Waals surface area contributed by atoms with E-state index < -0.39 is 0 Å². The molecule has 21 heavy (non-hydrogen) atoms. The van der Waals surface area contributed by atoms with Crippen molar-refractivity contribution in [1.29, 1.82) is 5.26 Å². The molecule has 0 aliphatic carbocycles. The summed E-state index contributed by atoms with van der Waals surface area (Å²) in [5, 5.41) is 11.6. The molecule has 5 nitrogen and oxygen atoms in total. The number of carbonyl (C=O) groups is 1. The monoisotopic (exact) mass is 288 g/mol. The second kappa shape index (κ2) is 8.28. The first-order valence-electron chi connectivity index (χ1n) is 7.21. The zero-order chi connectivity index (χ0) is 15.8. The van der Waals surface area contributed by atoms with Gasteiger partial charge in [0.05, 0.1) is 12.1 Å². The van der Waals surface area contributed by atoms with Crippen molar-refractivity contribution in [1.82, 2.24) is 4.90 Å². The number of benzene rings is 1. The summed E-state index contributed by atoms with van der Waals surface area (Å²) in [6, 6.07) is 8.92. The van der Waals surface area contributed by atoms with Crippen molar-refractivity contribution >= 4 is 17.3 Å². The second-order valence-electron chi connectivity index (χ2n) is 5.58. The molecular formula is C16H24N4O. The average molecular weight is 288 g/mol. The second-order valence-corrected chi connectivity index (χ2v) is 5.58. The van der Waals surface area contributed by atoms with Gasteiger partial charge in [-0.05, 0) is 37.1 Å². The predicted octanol–water partition coefficient (Wildman–Crippen LogP) is 2.47. The molecule has 1 amide bonds.